The maximum absolute atomic E-state index is 5.49. The summed E-state index contributed by atoms with van der Waals surface area (Å²) in [6.45, 7) is 2.42. The maximum atomic E-state index is 5.49. The summed E-state index contributed by atoms with van der Waals surface area (Å²) in [5.41, 5.74) is 7.89. The minimum atomic E-state index is 0.717. The Kier molecular flexibility index (Phi) is 4.16. The minimum absolute atomic E-state index is 0.717. The van der Waals surface area contributed by atoms with Gasteiger partial charge in [0.05, 0.1) is 6.54 Å². The molecule has 0 bridgehead atoms. The van der Waals surface area contributed by atoms with Crippen LogP contribution in [0.25, 0.3) is 0 Å². The summed E-state index contributed by atoms with van der Waals surface area (Å²) < 4.78 is 1.92. The standard InChI is InChI=1S/C13H18N4/c14-7-3-8-15-13-6-2-1-5-12(13)11-17-10-4-9-16-17/h1-2,4-6,9-10,15H,3,7-8,11,14H2. The van der Waals surface area contributed by atoms with E-state index in [2.05, 4.69) is 22.5 Å². The average molecular weight is 230 g/mol. The molecule has 0 saturated heterocycles. The molecule has 0 amide bonds. The molecule has 3 N–H and O–H groups in total. The van der Waals surface area contributed by atoms with Crippen LogP contribution >= 0.6 is 0 Å². The largest absolute Gasteiger partial charge is 0.385 e. The molecule has 4 nitrogen and oxygen atoms in total. The van der Waals surface area contributed by atoms with Crippen molar-refractivity contribution >= 4 is 5.69 Å². The number of anilines is 1. The molecular formula is C13H18N4. The maximum Gasteiger partial charge on any atom is 0.0679 e. The smallest absolute Gasteiger partial charge is 0.0679 e. The van der Waals surface area contributed by atoms with Gasteiger partial charge in [-0.15, -0.1) is 0 Å². The number of aromatic nitrogens is 2. The molecule has 0 spiro atoms. The molecule has 1 aromatic heterocycles. The third-order valence-electron chi connectivity index (χ3n) is 2.61. The Balaban J connectivity index is 2.05. The van der Waals surface area contributed by atoms with Crippen molar-refractivity contribution in [2.45, 2.75) is 13.0 Å². The van der Waals surface area contributed by atoms with E-state index < -0.39 is 0 Å². The first-order valence-electron chi connectivity index (χ1n) is 5.89. The molecule has 0 fully saturated rings. The highest BCUT2D eigenvalue weighted by Crippen LogP contribution is 2.15. The normalized spacial score (nSPS) is 10.4. The Morgan fingerprint density at radius 3 is 2.88 bits per heavy atom. The molecular weight excluding hydrogens is 212 g/mol. The first kappa shape index (κ1) is 11.7. The molecule has 0 atom stereocenters. The predicted octanol–water partition coefficient (Wildman–Crippen LogP) is 1.69. The molecule has 2 rings (SSSR count). The van der Waals surface area contributed by atoms with Crippen molar-refractivity contribution in [3.05, 3.63) is 48.3 Å². The van der Waals surface area contributed by atoms with E-state index in [1.165, 1.54) is 5.56 Å². The van der Waals surface area contributed by atoms with Gasteiger partial charge in [0.2, 0.25) is 0 Å². The van der Waals surface area contributed by atoms with Gasteiger partial charge in [-0.3, -0.25) is 4.68 Å². The Bertz CT molecular complexity index is 436. The number of para-hydroxylation sites is 1. The van der Waals surface area contributed by atoms with Crippen LogP contribution in [0.5, 0.6) is 0 Å². The summed E-state index contributed by atoms with van der Waals surface area (Å²) in [6, 6.07) is 10.2. The second kappa shape index (κ2) is 6.06. The molecule has 0 saturated carbocycles. The zero-order chi connectivity index (χ0) is 11.9. The van der Waals surface area contributed by atoms with Gasteiger partial charge in [0.1, 0.15) is 0 Å². The number of nitrogens with two attached hydrogens (primary N) is 1. The lowest BCUT2D eigenvalue weighted by Crippen LogP contribution is -2.10. The summed E-state index contributed by atoms with van der Waals surface area (Å²) in [4.78, 5) is 0. The zero-order valence-corrected chi connectivity index (χ0v) is 9.84. The Hall–Kier alpha value is -1.81. The molecule has 2 aromatic rings. The van der Waals surface area contributed by atoms with Crippen LogP contribution < -0.4 is 11.1 Å². The van der Waals surface area contributed by atoms with E-state index in [9.17, 15) is 0 Å². The zero-order valence-electron chi connectivity index (χ0n) is 9.84. The van der Waals surface area contributed by atoms with Gasteiger partial charge in [-0.05, 0) is 30.7 Å². The van der Waals surface area contributed by atoms with Gasteiger partial charge in [-0.2, -0.15) is 5.10 Å². The first-order chi connectivity index (χ1) is 8.40. The van der Waals surface area contributed by atoms with Crippen LogP contribution in [-0.4, -0.2) is 22.9 Å². The highest BCUT2D eigenvalue weighted by atomic mass is 15.3. The van der Waals surface area contributed by atoms with Gasteiger partial charge in [0.25, 0.3) is 0 Å². The summed E-state index contributed by atoms with van der Waals surface area (Å²) >= 11 is 0. The average Bonchev–Trinajstić information content (AvgIpc) is 2.84. The van der Waals surface area contributed by atoms with Crippen LogP contribution in [0.4, 0.5) is 5.69 Å². The van der Waals surface area contributed by atoms with E-state index in [1.807, 2.05) is 29.1 Å². The fourth-order valence-corrected chi connectivity index (χ4v) is 1.72. The van der Waals surface area contributed by atoms with Gasteiger partial charge >= 0.3 is 0 Å². The van der Waals surface area contributed by atoms with E-state index in [-0.39, 0.29) is 0 Å². The summed E-state index contributed by atoms with van der Waals surface area (Å²) in [5, 5.41) is 7.62. The van der Waals surface area contributed by atoms with Crippen molar-refractivity contribution in [2.75, 3.05) is 18.4 Å². The lowest BCUT2D eigenvalue weighted by molar-refractivity contribution is 0.687. The molecule has 17 heavy (non-hydrogen) atoms. The van der Waals surface area contributed by atoms with E-state index >= 15 is 0 Å². The number of nitrogens with one attached hydrogen (secondary N) is 1. The SMILES string of the molecule is NCCCNc1ccccc1Cn1cccn1. The first-order valence-corrected chi connectivity index (χ1v) is 5.89. The fourth-order valence-electron chi connectivity index (χ4n) is 1.72. The van der Waals surface area contributed by atoms with Gasteiger partial charge in [-0.1, -0.05) is 18.2 Å². The van der Waals surface area contributed by atoms with E-state index in [0.717, 1.165) is 25.2 Å². The van der Waals surface area contributed by atoms with Gasteiger partial charge in [-0.25, -0.2) is 0 Å². The Labute approximate surface area is 101 Å². The lowest BCUT2D eigenvalue weighted by Gasteiger charge is -2.11. The lowest BCUT2D eigenvalue weighted by atomic mass is 10.1. The molecule has 0 aliphatic heterocycles. The van der Waals surface area contributed by atoms with Gasteiger partial charge in [0, 0.05) is 24.6 Å². The van der Waals surface area contributed by atoms with Crippen molar-refractivity contribution in [3.8, 4) is 0 Å². The van der Waals surface area contributed by atoms with Crippen LogP contribution in [0.1, 0.15) is 12.0 Å². The molecule has 90 valence electrons. The van der Waals surface area contributed by atoms with E-state index in [0.29, 0.717) is 6.54 Å². The topological polar surface area (TPSA) is 55.9 Å². The third kappa shape index (κ3) is 3.32. The quantitative estimate of drug-likeness (QED) is 0.742. The third-order valence-corrected chi connectivity index (χ3v) is 2.61. The van der Waals surface area contributed by atoms with Crippen molar-refractivity contribution < 1.29 is 0 Å². The van der Waals surface area contributed by atoms with Crippen LogP contribution in [0.3, 0.4) is 0 Å². The Morgan fingerprint density at radius 1 is 1.24 bits per heavy atom. The molecule has 0 aliphatic rings. The van der Waals surface area contributed by atoms with Crippen LogP contribution in [0, 0.1) is 0 Å². The number of hydrogen-bond donors (Lipinski definition) is 2. The minimum Gasteiger partial charge on any atom is -0.385 e. The number of benzene rings is 1. The monoisotopic (exact) mass is 230 g/mol. The van der Waals surface area contributed by atoms with E-state index in [4.69, 9.17) is 5.73 Å². The van der Waals surface area contributed by atoms with Crippen molar-refractivity contribution in [2.24, 2.45) is 5.73 Å². The van der Waals surface area contributed by atoms with Crippen molar-refractivity contribution in [1.29, 1.82) is 0 Å². The summed E-state index contributed by atoms with van der Waals surface area (Å²) in [5.74, 6) is 0. The molecule has 0 unspecified atom stereocenters. The van der Waals surface area contributed by atoms with E-state index in [1.54, 1.807) is 6.20 Å². The van der Waals surface area contributed by atoms with Gasteiger partial charge < -0.3 is 11.1 Å². The molecule has 1 aromatic carbocycles. The molecule has 4 heteroatoms. The summed E-state index contributed by atoms with van der Waals surface area (Å²) in [6.07, 6.45) is 4.75. The molecule has 0 radical (unpaired) electrons. The molecule has 0 aliphatic carbocycles. The molecule has 1 heterocycles. The highest BCUT2D eigenvalue weighted by molar-refractivity contribution is 5.51. The van der Waals surface area contributed by atoms with Crippen molar-refractivity contribution in [3.63, 3.8) is 0 Å². The number of hydrogen-bond acceptors (Lipinski definition) is 3. The number of rotatable bonds is 6. The van der Waals surface area contributed by atoms with Crippen molar-refractivity contribution in [1.82, 2.24) is 9.78 Å². The second-order valence-corrected chi connectivity index (χ2v) is 3.93. The van der Waals surface area contributed by atoms with Crippen LogP contribution in [-0.2, 0) is 6.54 Å². The highest BCUT2D eigenvalue weighted by Gasteiger charge is 2.01. The number of nitrogens with zero attached hydrogens (tertiary/aromatic N) is 2. The van der Waals surface area contributed by atoms with Crippen LogP contribution in [0.2, 0.25) is 0 Å². The van der Waals surface area contributed by atoms with Crippen LogP contribution in [0.15, 0.2) is 42.7 Å². The Morgan fingerprint density at radius 2 is 2.12 bits per heavy atom. The predicted molar refractivity (Wildman–Crippen MR) is 69.9 cm³/mol. The van der Waals surface area contributed by atoms with Gasteiger partial charge in [0.15, 0.2) is 0 Å². The summed E-state index contributed by atoms with van der Waals surface area (Å²) in [7, 11) is 0. The fraction of sp³-hybridized carbons (Fsp3) is 0.308. The second-order valence-electron chi connectivity index (χ2n) is 3.93.